The SMILES string of the molecule is C=CC[C@@H]1O[C@H](C[C@@H](COC(=O)c2ccccc2)OC(=O)c2ccccc2)[C@H](O)/C1=C\SOOc1ccccc1. The van der Waals surface area contributed by atoms with Gasteiger partial charge in [-0.05, 0) is 48.4 Å². The number of para-hydroxylation sites is 1. The molecule has 0 unspecified atom stereocenters. The lowest BCUT2D eigenvalue weighted by Gasteiger charge is -2.22. The smallest absolute Gasteiger partial charge is 0.338 e. The first kappa shape index (κ1) is 29.1. The molecule has 40 heavy (non-hydrogen) atoms. The Morgan fingerprint density at radius 1 is 0.925 bits per heavy atom. The van der Waals surface area contributed by atoms with Gasteiger partial charge in [0.2, 0.25) is 0 Å². The monoisotopic (exact) mass is 562 g/mol. The summed E-state index contributed by atoms with van der Waals surface area (Å²) < 4.78 is 22.5. The van der Waals surface area contributed by atoms with Crippen molar-refractivity contribution in [2.45, 2.75) is 37.3 Å². The van der Waals surface area contributed by atoms with Crippen molar-refractivity contribution in [3.63, 3.8) is 0 Å². The molecule has 4 rings (SSSR count). The standard InChI is InChI=1S/C31H30O8S/c1-2-12-27-26(21-40-39-38-24-17-10-5-11-18-24)29(32)28(37-27)19-25(36-31(34)23-15-8-4-9-16-23)20-35-30(33)22-13-6-3-7-14-22/h2-11,13-18,21,25,27-29,32H,1,12,19-20H2/b26-21-/t25-,27-,28+,29+/m0/s1. The highest BCUT2D eigenvalue weighted by atomic mass is 32.2. The Morgan fingerprint density at radius 3 is 2.15 bits per heavy atom. The van der Waals surface area contributed by atoms with Gasteiger partial charge in [0.05, 0.1) is 35.4 Å². The number of hydrogen-bond donors (Lipinski definition) is 1. The van der Waals surface area contributed by atoms with E-state index in [4.69, 9.17) is 23.4 Å². The van der Waals surface area contributed by atoms with Crippen LogP contribution in [0.3, 0.4) is 0 Å². The Labute approximate surface area is 237 Å². The summed E-state index contributed by atoms with van der Waals surface area (Å²) in [5.41, 5.74) is 1.30. The molecule has 3 aromatic carbocycles. The molecule has 0 aliphatic carbocycles. The Hall–Kier alpha value is -3.89. The maximum absolute atomic E-state index is 12.8. The van der Waals surface area contributed by atoms with Gasteiger partial charge in [0.1, 0.15) is 18.8 Å². The lowest BCUT2D eigenvalue weighted by molar-refractivity contribution is -0.0765. The Balaban J connectivity index is 1.43. The Morgan fingerprint density at radius 2 is 1.52 bits per heavy atom. The Kier molecular flexibility index (Phi) is 10.9. The van der Waals surface area contributed by atoms with Crippen LogP contribution in [0, 0.1) is 0 Å². The van der Waals surface area contributed by atoms with Gasteiger partial charge >= 0.3 is 11.9 Å². The quantitative estimate of drug-likeness (QED) is 0.0701. The van der Waals surface area contributed by atoms with Crippen molar-refractivity contribution in [2.24, 2.45) is 0 Å². The van der Waals surface area contributed by atoms with Gasteiger partial charge in [0.25, 0.3) is 0 Å². The van der Waals surface area contributed by atoms with E-state index in [1.807, 2.05) is 18.2 Å². The molecular weight excluding hydrogens is 532 g/mol. The normalized spacial score (nSPS) is 20.0. The van der Waals surface area contributed by atoms with Crippen LogP contribution in [-0.4, -0.2) is 48.1 Å². The number of carbonyl (C=O) groups is 2. The minimum atomic E-state index is -1.03. The maximum atomic E-state index is 12.8. The van der Waals surface area contributed by atoms with Crippen LogP contribution in [0.15, 0.2) is 115 Å². The number of aliphatic hydroxyl groups is 1. The third-order valence-corrected chi connectivity index (χ3v) is 6.59. The number of ether oxygens (including phenoxy) is 3. The molecule has 1 fully saturated rings. The van der Waals surface area contributed by atoms with Crippen LogP contribution in [0.2, 0.25) is 0 Å². The van der Waals surface area contributed by atoms with Crippen molar-refractivity contribution in [1.82, 2.24) is 0 Å². The van der Waals surface area contributed by atoms with Gasteiger partial charge in [-0.3, -0.25) is 0 Å². The third kappa shape index (κ3) is 8.30. The number of carbonyl (C=O) groups excluding carboxylic acids is 2. The van der Waals surface area contributed by atoms with Crippen LogP contribution < -0.4 is 4.89 Å². The summed E-state index contributed by atoms with van der Waals surface area (Å²) in [4.78, 5) is 30.6. The van der Waals surface area contributed by atoms with Crippen LogP contribution in [0.1, 0.15) is 33.6 Å². The minimum absolute atomic E-state index is 0.0822. The molecule has 1 aliphatic rings. The van der Waals surface area contributed by atoms with Gasteiger partial charge in [-0.15, -0.1) is 10.9 Å². The molecule has 3 aromatic rings. The molecule has 9 heteroatoms. The zero-order valence-electron chi connectivity index (χ0n) is 21.7. The molecule has 0 amide bonds. The fraction of sp³-hybridized carbons (Fsp3) is 0.226. The molecule has 1 heterocycles. The average molecular weight is 563 g/mol. The maximum Gasteiger partial charge on any atom is 0.338 e. The second kappa shape index (κ2) is 15.0. The van der Waals surface area contributed by atoms with Gasteiger partial charge in [0, 0.05) is 11.8 Å². The summed E-state index contributed by atoms with van der Waals surface area (Å²) in [5.74, 6) is -0.592. The van der Waals surface area contributed by atoms with Crippen LogP contribution >= 0.6 is 12.0 Å². The van der Waals surface area contributed by atoms with Crippen LogP contribution in [0.25, 0.3) is 0 Å². The van der Waals surface area contributed by atoms with E-state index in [9.17, 15) is 14.7 Å². The lowest BCUT2D eigenvalue weighted by Crippen LogP contribution is -2.33. The highest BCUT2D eigenvalue weighted by molar-refractivity contribution is 7.97. The fourth-order valence-electron chi connectivity index (χ4n) is 4.08. The zero-order valence-corrected chi connectivity index (χ0v) is 22.5. The second-order valence-corrected chi connectivity index (χ2v) is 9.47. The Bertz CT molecular complexity index is 1270. The number of esters is 2. The van der Waals surface area contributed by atoms with Gasteiger partial charge in [-0.25, -0.2) is 9.59 Å². The molecular formula is C31H30O8S. The molecule has 0 bridgehead atoms. The summed E-state index contributed by atoms with van der Waals surface area (Å²) in [6.07, 6.45) is -0.905. The second-order valence-electron chi connectivity index (χ2n) is 8.90. The number of hydrogen-bond acceptors (Lipinski definition) is 9. The summed E-state index contributed by atoms with van der Waals surface area (Å²) in [6, 6.07) is 26.0. The highest BCUT2D eigenvalue weighted by Crippen LogP contribution is 2.34. The molecule has 1 saturated heterocycles. The van der Waals surface area contributed by atoms with Crippen LogP contribution in [-0.2, 0) is 18.5 Å². The summed E-state index contributed by atoms with van der Waals surface area (Å²) >= 11 is 0.906. The lowest BCUT2D eigenvalue weighted by atomic mass is 10.0. The molecule has 0 radical (unpaired) electrons. The van der Waals surface area contributed by atoms with Crippen molar-refractivity contribution in [3.8, 4) is 5.75 Å². The summed E-state index contributed by atoms with van der Waals surface area (Å²) in [5, 5.41) is 12.8. The number of rotatable bonds is 13. The molecule has 1 aliphatic heterocycles. The average Bonchev–Trinajstić information content (AvgIpc) is 3.28. The van der Waals surface area contributed by atoms with E-state index < -0.39 is 36.4 Å². The van der Waals surface area contributed by atoms with Gasteiger partial charge in [-0.1, -0.05) is 60.7 Å². The van der Waals surface area contributed by atoms with Crippen molar-refractivity contribution in [1.29, 1.82) is 0 Å². The van der Waals surface area contributed by atoms with Crippen LogP contribution in [0.5, 0.6) is 5.75 Å². The van der Waals surface area contributed by atoms with E-state index in [2.05, 4.69) is 6.58 Å². The topological polar surface area (TPSA) is 101 Å². The van der Waals surface area contributed by atoms with Gasteiger partial charge in [0.15, 0.2) is 5.75 Å². The van der Waals surface area contributed by atoms with Gasteiger partial charge < -0.3 is 24.2 Å². The first-order valence-corrected chi connectivity index (χ1v) is 13.5. The van der Waals surface area contributed by atoms with E-state index in [-0.39, 0.29) is 13.0 Å². The summed E-state index contributed by atoms with van der Waals surface area (Å²) in [6.45, 7) is 3.56. The number of aliphatic hydroxyl groups excluding tert-OH is 1. The predicted molar refractivity (Wildman–Crippen MR) is 150 cm³/mol. The first-order valence-electron chi connectivity index (χ1n) is 12.7. The first-order chi connectivity index (χ1) is 19.5. The third-order valence-electron chi connectivity index (χ3n) is 6.07. The van der Waals surface area contributed by atoms with Crippen molar-refractivity contribution in [2.75, 3.05) is 6.61 Å². The minimum Gasteiger partial charge on any atom is -0.458 e. The summed E-state index contributed by atoms with van der Waals surface area (Å²) in [7, 11) is 0. The van der Waals surface area contributed by atoms with E-state index in [1.54, 1.807) is 84.3 Å². The van der Waals surface area contributed by atoms with E-state index >= 15 is 0 Å². The zero-order chi connectivity index (χ0) is 28.2. The van der Waals surface area contributed by atoms with E-state index in [1.165, 1.54) is 0 Å². The predicted octanol–water partition coefficient (Wildman–Crippen LogP) is 5.71. The fourth-order valence-corrected chi connectivity index (χ4v) is 4.64. The van der Waals surface area contributed by atoms with Crippen molar-refractivity contribution in [3.05, 3.63) is 126 Å². The molecule has 4 atom stereocenters. The van der Waals surface area contributed by atoms with E-state index in [0.717, 1.165) is 12.0 Å². The van der Waals surface area contributed by atoms with Gasteiger partial charge in [-0.2, -0.15) is 0 Å². The molecule has 208 valence electrons. The number of benzene rings is 3. The van der Waals surface area contributed by atoms with Crippen molar-refractivity contribution < 1.29 is 38.1 Å². The molecule has 1 N–H and O–H groups in total. The molecule has 0 aromatic heterocycles. The molecule has 0 saturated carbocycles. The van der Waals surface area contributed by atoms with E-state index in [0.29, 0.717) is 28.9 Å². The largest absolute Gasteiger partial charge is 0.458 e. The highest BCUT2D eigenvalue weighted by Gasteiger charge is 2.40. The molecule has 8 nitrogen and oxygen atoms in total. The molecule has 0 spiro atoms. The van der Waals surface area contributed by atoms with Crippen LogP contribution in [0.4, 0.5) is 0 Å². The van der Waals surface area contributed by atoms with Crippen molar-refractivity contribution >= 4 is 24.0 Å².